The highest BCUT2D eigenvalue weighted by atomic mass is 16.3. The van der Waals surface area contributed by atoms with Gasteiger partial charge in [-0.3, -0.25) is 0 Å². The summed E-state index contributed by atoms with van der Waals surface area (Å²) in [5.41, 5.74) is 12.3. The number of para-hydroxylation sites is 4. The second-order valence-corrected chi connectivity index (χ2v) is 15.6. The third kappa shape index (κ3) is 5.90. The van der Waals surface area contributed by atoms with E-state index < -0.39 is 0 Å². The molecule has 2 aromatic heterocycles. The lowest BCUT2D eigenvalue weighted by Crippen LogP contribution is -2.13. The van der Waals surface area contributed by atoms with Gasteiger partial charge in [0.25, 0.3) is 0 Å². The molecule has 0 bridgehead atoms. The Balaban J connectivity index is 0.975. The SMILES string of the molecule is c1ccc(N(c2ccc(-c3nc4c5ccccc5c5ccccc5c4o3)cc2)c2cccc(N(c3ccccc3)c3ccc4c5ccccc5n(-c5ccccc5)c4c3)c2)cc1. The number of aromatic nitrogens is 2. The lowest BCUT2D eigenvalue weighted by molar-refractivity contribution is 0.623. The first-order valence-corrected chi connectivity index (χ1v) is 21.0. The molecular formula is C57H38N4O. The van der Waals surface area contributed by atoms with Gasteiger partial charge in [0.05, 0.1) is 11.0 Å². The topological polar surface area (TPSA) is 37.4 Å². The molecule has 12 rings (SSSR count). The molecule has 0 atom stereocenters. The molecule has 10 aromatic carbocycles. The van der Waals surface area contributed by atoms with E-state index in [0.29, 0.717) is 5.89 Å². The van der Waals surface area contributed by atoms with Crippen molar-refractivity contribution in [2.75, 3.05) is 9.80 Å². The molecule has 0 saturated carbocycles. The van der Waals surface area contributed by atoms with Gasteiger partial charge >= 0.3 is 0 Å². The summed E-state index contributed by atoms with van der Waals surface area (Å²) in [5.74, 6) is 0.600. The molecule has 0 fully saturated rings. The second kappa shape index (κ2) is 14.7. The van der Waals surface area contributed by atoms with Gasteiger partial charge in [-0.25, -0.2) is 4.98 Å². The highest BCUT2D eigenvalue weighted by Gasteiger charge is 2.21. The minimum atomic E-state index is 0.600. The number of hydrogen-bond donors (Lipinski definition) is 0. The normalized spacial score (nSPS) is 11.5. The predicted octanol–water partition coefficient (Wildman–Crippen LogP) is 15.8. The number of anilines is 6. The van der Waals surface area contributed by atoms with Gasteiger partial charge in [-0.15, -0.1) is 0 Å². The highest BCUT2D eigenvalue weighted by molar-refractivity contribution is 6.22. The zero-order valence-electron chi connectivity index (χ0n) is 33.6. The maximum Gasteiger partial charge on any atom is 0.227 e. The van der Waals surface area contributed by atoms with E-state index in [1.807, 2.05) is 0 Å². The molecule has 0 radical (unpaired) electrons. The van der Waals surface area contributed by atoms with Gasteiger partial charge in [0.2, 0.25) is 5.89 Å². The summed E-state index contributed by atoms with van der Waals surface area (Å²) >= 11 is 0. The van der Waals surface area contributed by atoms with Gasteiger partial charge in [0, 0.05) is 66.9 Å². The fourth-order valence-electron chi connectivity index (χ4n) is 9.18. The van der Waals surface area contributed by atoms with Gasteiger partial charge in [0.1, 0.15) is 5.52 Å². The van der Waals surface area contributed by atoms with Crippen LogP contribution in [0.4, 0.5) is 34.1 Å². The second-order valence-electron chi connectivity index (χ2n) is 15.6. The van der Waals surface area contributed by atoms with Gasteiger partial charge < -0.3 is 18.8 Å². The van der Waals surface area contributed by atoms with E-state index in [1.54, 1.807) is 0 Å². The van der Waals surface area contributed by atoms with Crippen LogP contribution in [0, 0.1) is 0 Å². The largest absolute Gasteiger partial charge is 0.435 e. The Hall–Kier alpha value is -8.41. The zero-order chi connectivity index (χ0) is 41.0. The Kier molecular flexibility index (Phi) is 8.42. The van der Waals surface area contributed by atoms with Crippen molar-refractivity contribution in [1.82, 2.24) is 9.55 Å². The van der Waals surface area contributed by atoms with Crippen molar-refractivity contribution in [2.24, 2.45) is 0 Å². The summed E-state index contributed by atoms with van der Waals surface area (Å²) in [5, 5.41) is 6.94. The first kappa shape index (κ1) is 35.5. The van der Waals surface area contributed by atoms with Gasteiger partial charge in [-0.2, -0.15) is 0 Å². The minimum absolute atomic E-state index is 0.600. The third-order valence-corrected chi connectivity index (χ3v) is 11.9. The van der Waals surface area contributed by atoms with E-state index in [4.69, 9.17) is 9.40 Å². The smallest absolute Gasteiger partial charge is 0.227 e. The van der Waals surface area contributed by atoms with E-state index in [1.165, 1.54) is 21.7 Å². The molecule has 0 aliphatic heterocycles. The van der Waals surface area contributed by atoms with Gasteiger partial charge in [-0.05, 0) is 108 Å². The summed E-state index contributed by atoms with van der Waals surface area (Å²) in [4.78, 5) is 9.76. The average Bonchev–Trinajstić information content (AvgIpc) is 3.94. The molecule has 292 valence electrons. The Morgan fingerprint density at radius 2 is 0.806 bits per heavy atom. The van der Waals surface area contributed by atoms with E-state index in [-0.39, 0.29) is 0 Å². The van der Waals surface area contributed by atoms with Gasteiger partial charge in [0.15, 0.2) is 5.58 Å². The number of rotatable bonds is 8. The number of benzene rings is 10. The van der Waals surface area contributed by atoms with Crippen LogP contribution in [-0.4, -0.2) is 9.55 Å². The van der Waals surface area contributed by atoms with Crippen LogP contribution in [-0.2, 0) is 0 Å². The maximum absolute atomic E-state index is 6.62. The van der Waals surface area contributed by atoms with Crippen LogP contribution in [0.2, 0.25) is 0 Å². The molecule has 0 saturated heterocycles. The molecule has 0 N–H and O–H groups in total. The Labute approximate surface area is 358 Å². The first-order chi connectivity index (χ1) is 30.8. The van der Waals surface area contributed by atoms with Crippen molar-refractivity contribution in [3.63, 3.8) is 0 Å². The number of nitrogens with zero attached hydrogens (tertiary/aromatic N) is 4. The fourth-order valence-corrected chi connectivity index (χ4v) is 9.18. The van der Waals surface area contributed by atoms with Crippen LogP contribution in [0.3, 0.4) is 0 Å². The van der Waals surface area contributed by atoms with Crippen LogP contribution in [0.25, 0.3) is 71.6 Å². The number of fused-ring (bicyclic) bond motifs is 9. The van der Waals surface area contributed by atoms with Crippen molar-refractivity contribution >= 4 is 88.6 Å². The van der Waals surface area contributed by atoms with E-state index in [0.717, 1.165) is 78.2 Å². The zero-order valence-corrected chi connectivity index (χ0v) is 33.6. The van der Waals surface area contributed by atoms with Crippen molar-refractivity contribution in [1.29, 1.82) is 0 Å². The monoisotopic (exact) mass is 794 g/mol. The fraction of sp³-hybridized carbons (Fsp3) is 0. The lowest BCUT2D eigenvalue weighted by atomic mass is 10.0. The van der Waals surface area contributed by atoms with Crippen molar-refractivity contribution in [3.05, 3.63) is 231 Å². The molecule has 5 nitrogen and oxygen atoms in total. The molecule has 0 spiro atoms. The highest BCUT2D eigenvalue weighted by Crippen LogP contribution is 2.43. The van der Waals surface area contributed by atoms with Gasteiger partial charge in [-0.1, -0.05) is 133 Å². The number of hydrogen-bond acceptors (Lipinski definition) is 4. The molecule has 0 aliphatic carbocycles. The summed E-state index contributed by atoms with van der Waals surface area (Å²) in [6, 6.07) is 81.5. The van der Waals surface area contributed by atoms with Crippen LogP contribution in [0.15, 0.2) is 235 Å². The predicted molar refractivity (Wildman–Crippen MR) is 258 cm³/mol. The molecule has 0 amide bonds. The molecule has 2 heterocycles. The quantitative estimate of drug-likeness (QED) is 0.144. The number of oxazole rings is 1. The Bertz CT molecular complexity index is 3500. The third-order valence-electron chi connectivity index (χ3n) is 11.9. The van der Waals surface area contributed by atoms with Crippen LogP contribution in [0.5, 0.6) is 0 Å². The molecule has 12 aromatic rings. The summed E-state index contributed by atoms with van der Waals surface area (Å²) in [6.07, 6.45) is 0. The minimum Gasteiger partial charge on any atom is -0.435 e. The Morgan fingerprint density at radius 3 is 1.48 bits per heavy atom. The van der Waals surface area contributed by atoms with Crippen LogP contribution in [0.1, 0.15) is 0 Å². The summed E-state index contributed by atoms with van der Waals surface area (Å²) in [7, 11) is 0. The Morgan fingerprint density at radius 1 is 0.339 bits per heavy atom. The summed E-state index contributed by atoms with van der Waals surface area (Å²) in [6.45, 7) is 0. The van der Waals surface area contributed by atoms with Crippen molar-refractivity contribution < 1.29 is 4.42 Å². The maximum atomic E-state index is 6.62. The van der Waals surface area contributed by atoms with E-state index in [2.05, 4.69) is 245 Å². The van der Waals surface area contributed by atoms with Crippen LogP contribution < -0.4 is 9.80 Å². The average molecular weight is 795 g/mol. The van der Waals surface area contributed by atoms with Crippen molar-refractivity contribution in [2.45, 2.75) is 0 Å². The van der Waals surface area contributed by atoms with Crippen molar-refractivity contribution in [3.8, 4) is 17.1 Å². The molecule has 0 aliphatic rings. The van der Waals surface area contributed by atoms with E-state index in [9.17, 15) is 0 Å². The summed E-state index contributed by atoms with van der Waals surface area (Å²) < 4.78 is 8.99. The standard InChI is InChI=1S/C57H38N4O/c1-4-17-40(18-5-1)59(43-33-31-39(32-34-43)57-58-55-51-28-12-10-25-47(51)48-26-11-13-29-52(48)56(55)62-57)44-23-16-24-45(37-44)60(41-19-6-2-7-20-41)46-35-36-50-49-27-14-15-30-53(49)61(54(50)38-46)42-21-8-3-9-22-42/h1-38H. The first-order valence-electron chi connectivity index (χ1n) is 21.0. The van der Waals surface area contributed by atoms with E-state index >= 15 is 0 Å². The molecular weight excluding hydrogens is 757 g/mol. The lowest BCUT2D eigenvalue weighted by Gasteiger charge is -2.29. The van der Waals surface area contributed by atoms with Crippen LogP contribution >= 0.6 is 0 Å². The molecule has 5 heteroatoms. The molecule has 62 heavy (non-hydrogen) atoms. The molecule has 0 unspecified atom stereocenters.